The van der Waals surface area contributed by atoms with E-state index in [1.807, 2.05) is 13.0 Å². The van der Waals surface area contributed by atoms with Crippen LogP contribution in [0.5, 0.6) is 0 Å². The zero-order valence-corrected chi connectivity index (χ0v) is 13.6. The first-order valence-electron chi connectivity index (χ1n) is 6.29. The maximum absolute atomic E-state index is 12.0. The minimum atomic E-state index is -0.932. The van der Waals surface area contributed by atoms with E-state index >= 15 is 0 Å². The zero-order chi connectivity index (χ0) is 15.5. The van der Waals surface area contributed by atoms with Crippen molar-refractivity contribution < 1.29 is 9.90 Å². The number of hydrogen-bond acceptors (Lipinski definition) is 2. The van der Waals surface area contributed by atoms with E-state index in [9.17, 15) is 9.90 Å². The fraction of sp³-hybridized carbons (Fsp3) is 0.500. The lowest BCUT2D eigenvalue weighted by Gasteiger charge is -2.27. The summed E-state index contributed by atoms with van der Waals surface area (Å²) in [6.45, 7) is 5.40. The Morgan fingerprint density at radius 3 is 2.50 bits per heavy atom. The van der Waals surface area contributed by atoms with Gasteiger partial charge in [0.25, 0.3) is 0 Å². The van der Waals surface area contributed by atoms with Gasteiger partial charge in [-0.25, -0.2) is 4.79 Å². The monoisotopic (exact) mass is 318 g/mol. The molecule has 0 spiro atoms. The lowest BCUT2D eigenvalue weighted by Crippen LogP contribution is -2.45. The van der Waals surface area contributed by atoms with Crippen LogP contribution >= 0.6 is 23.2 Å². The molecule has 0 heterocycles. The number of nitrogens with one attached hydrogen (secondary N) is 1. The van der Waals surface area contributed by atoms with Crippen LogP contribution in [0, 0.1) is 0 Å². The molecule has 1 rings (SSSR count). The Hall–Kier alpha value is -0.970. The highest BCUT2D eigenvalue weighted by atomic mass is 35.5. The second-order valence-electron chi connectivity index (χ2n) is 5.51. The summed E-state index contributed by atoms with van der Waals surface area (Å²) in [7, 11) is 1.63. The van der Waals surface area contributed by atoms with Crippen molar-refractivity contribution in [3.05, 3.63) is 33.8 Å². The normalized spacial score (nSPS) is 12.9. The minimum Gasteiger partial charge on any atom is -0.389 e. The van der Waals surface area contributed by atoms with Gasteiger partial charge >= 0.3 is 6.03 Å². The van der Waals surface area contributed by atoms with Gasteiger partial charge in [-0.1, -0.05) is 29.3 Å². The number of halogens is 2. The van der Waals surface area contributed by atoms with E-state index in [1.54, 1.807) is 33.0 Å². The fourth-order valence-electron chi connectivity index (χ4n) is 1.81. The molecule has 1 aromatic rings. The molecule has 2 amide bonds. The summed E-state index contributed by atoms with van der Waals surface area (Å²) in [5.74, 6) is 0. The molecule has 1 aromatic carbocycles. The molecule has 6 heteroatoms. The predicted octanol–water partition coefficient (Wildman–Crippen LogP) is 3.47. The third-order valence-electron chi connectivity index (χ3n) is 2.75. The Bertz CT molecular complexity index is 487. The molecule has 0 aliphatic rings. The van der Waals surface area contributed by atoms with Gasteiger partial charge in [-0.3, -0.25) is 0 Å². The number of amides is 2. The molecule has 0 aromatic heterocycles. The number of carbonyl (C=O) groups excluding carboxylic acids is 1. The molecule has 0 bridgehead atoms. The zero-order valence-electron chi connectivity index (χ0n) is 12.1. The first-order valence-corrected chi connectivity index (χ1v) is 7.04. The van der Waals surface area contributed by atoms with Crippen molar-refractivity contribution in [3.8, 4) is 0 Å². The number of urea groups is 1. The average Bonchev–Trinajstić information content (AvgIpc) is 2.30. The third kappa shape index (κ3) is 5.19. The van der Waals surface area contributed by atoms with Crippen molar-refractivity contribution >= 4 is 29.2 Å². The van der Waals surface area contributed by atoms with Gasteiger partial charge in [0, 0.05) is 7.05 Å². The van der Waals surface area contributed by atoms with Gasteiger partial charge in [0.2, 0.25) is 0 Å². The molecule has 0 fully saturated rings. The first kappa shape index (κ1) is 17.1. The number of aliphatic hydroxyl groups is 1. The topological polar surface area (TPSA) is 52.6 Å². The SMILES string of the molecule is C[C@H](NC(=O)N(C)CC(C)(C)O)c1ccc(Cl)c(Cl)c1. The van der Waals surface area contributed by atoms with E-state index in [0.717, 1.165) is 5.56 Å². The van der Waals surface area contributed by atoms with Crippen molar-refractivity contribution in [1.29, 1.82) is 0 Å². The Kier molecular flexibility index (Phi) is 5.68. The molecule has 0 saturated carbocycles. The molecule has 0 unspecified atom stereocenters. The van der Waals surface area contributed by atoms with E-state index in [2.05, 4.69) is 5.32 Å². The molecule has 4 nitrogen and oxygen atoms in total. The van der Waals surface area contributed by atoms with Gasteiger partial charge in [-0.2, -0.15) is 0 Å². The summed E-state index contributed by atoms with van der Waals surface area (Å²) in [5.41, 5.74) is -0.0664. The second-order valence-corrected chi connectivity index (χ2v) is 6.33. The van der Waals surface area contributed by atoms with Crippen LogP contribution in [0.15, 0.2) is 18.2 Å². The van der Waals surface area contributed by atoms with Gasteiger partial charge in [0.15, 0.2) is 0 Å². The number of likely N-dealkylation sites (N-methyl/N-ethyl adjacent to an activating group) is 1. The molecule has 1 atom stereocenters. The molecular weight excluding hydrogens is 299 g/mol. The highest BCUT2D eigenvalue weighted by Gasteiger charge is 2.20. The molecule has 0 aliphatic heterocycles. The second kappa shape index (κ2) is 6.66. The van der Waals surface area contributed by atoms with Crippen molar-refractivity contribution in [2.45, 2.75) is 32.4 Å². The van der Waals surface area contributed by atoms with Gasteiger partial charge in [0.1, 0.15) is 0 Å². The summed E-state index contributed by atoms with van der Waals surface area (Å²) in [6, 6.07) is 4.77. The molecule has 0 radical (unpaired) electrons. The summed E-state index contributed by atoms with van der Waals surface area (Å²) in [5, 5.41) is 13.5. The minimum absolute atomic E-state index is 0.207. The van der Waals surface area contributed by atoms with Crippen LogP contribution in [0.4, 0.5) is 4.79 Å². The maximum Gasteiger partial charge on any atom is 0.317 e. The number of rotatable bonds is 4. The largest absolute Gasteiger partial charge is 0.389 e. The average molecular weight is 319 g/mol. The van der Waals surface area contributed by atoms with Crippen molar-refractivity contribution in [2.24, 2.45) is 0 Å². The van der Waals surface area contributed by atoms with Crippen molar-refractivity contribution in [1.82, 2.24) is 10.2 Å². The molecule has 0 aliphatic carbocycles. The molecule has 20 heavy (non-hydrogen) atoms. The van der Waals surface area contributed by atoms with E-state index in [1.165, 1.54) is 4.90 Å². The van der Waals surface area contributed by atoms with Crippen LogP contribution in [0.25, 0.3) is 0 Å². The number of nitrogens with zero attached hydrogens (tertiary/aromatic N) is 1. The number of hydrogen-bond donors (Lipinski definition) is 2. The Balaban J connectivity index is 2.67. The predicted molar refractivity (Wildman–Crippen MR) is 82.3 cm³/mol. The molecular formula is C14H20Cl2N2O2. The van der Waals surface area contributed by atoms with E-state index in [0.29, 0.717) is 10.0 Å². The quantitative estimate of drug-likeness (QED) is 0.893. The number of benzene rings is 1. The summed E-state index contributed by atoms with van der Waals surface area (Å²) in [6.07, 6.45) is 0. The van der Waals surface area contributed by atoms with Crippen LogP contribution in [0.3, 0.4) is 0 Å². The van der Waals surface area contributed by atoms with E-state index < -0.39 is 5.60 Å². The summed E-state index contributed by atoms with van der Waals surface area (Å²) >= 11 is 11.8. The Labute approximate surface area is 129 Å². The Morgan fingerprint density at radius 2 is 2.00 bits per heavy atom. The summed E-state index contributed by atoms with van der Waals surface area (Å²) in [4.78, 5) is 13.4. The summed E-state index contributed by atoms with van der Waals surface area (Å²) < 4.78 is 0. The van der Waals surface area contributed by atoms with Crippen LogP contribution < -0.4 is 5.32 Å². The van der Waals surface area contributed by atoms with Crippen LogP contribution in [-0.4, -0.2) is 35.2 Å². The van der Waals surface area contributed by atoms with Gasteiger partial charge in [-0.05, 0) is 38.5 Å². The molecule has 112 valence electrons. The van der Waals surface area contributed by atoms with Crippen molar-refractivity contribution in [3.63, 3.8) is 0 Å². The van der Waals surface area contributed by atoms with Crippen LogP contribution in [0.2, 0.25) is 10.0 Å². The van der Waals surface area contributed by atoms with Gasteiger partial charge in [0.05, 0.1) is 28.2 Å². The smallest absolute Gasteiger partial charge is 0.317 e. The highest BCUT2D eigenvalue weighted by molar-refractivity contribution is 6.42. The van der Waals surface area contributed by atoms with Crippen LogP contribution in [0.1, 0.15) is 32.4 Å². The van der Waals surface area contributed by atoms with Gasteiger partial charge in [-0.15, -0.1) is 0 Å². The van der Waals surface area contributed by atoms with Gasteiger partial charge < -0.3 is 15.3 Å². The lowest BCUT2D eigenvalue weighted by atomic mass is 10.1. The maximum atomic E-state index is 12.0. The molecule has 0 saturated heterocycles. The third-order valence-corrected chi connectivity index (χ3v) is 3.49. The standard InChI is InChI=1S/C14H20Cl2N2O2/c1-9(10-5-6-11(15)12(16)7-10)17-13(19)18(4)8-14(2,3)20/h5-7,9,20H,8H2,1-4H3,(H,17,19)/t9-/m0/s1. The fourth-order valence-corrected chi connectivity index (χ4v) is 2.12. The van der Waals surface area contributed by atoms with E-state index in [-0.39, 0.29) is 18.6 Å². The number of carbonyl (C=O) groups is 1. The van der Waals surface area contributed by atoms with Crippen molar-refractivity contribution in [2.75, 3.05) is 13.6 Å². The van der Waals surface area contributed by atoms with Crippen LogP contribution in [-0.2, 0) is 0 Å². The Morgan fingerprint density at radius 1 is 1.40 bits per heavy atom. The van der Waals surface area contributed by atoms with E-state index in [4.69, 9.17) is 23.2 Å². The highest BCUT2D eigenvalue weighted by Crippen LogP contribution is 2.25. The first-order chi connectivity index (χ1) is 9.10. The molecule has 2 N–H and O–H groups in total. The lowest BCUT2D eigenvalue weighted by molar-refractivity contribution is 0.0528.